The normalized spacial score (nSPS) is 13.7. The van der Waals surface area contributed by atoms with Crippen molar-refractivity contribution in [2.45, 2.75) is 33.2 Å². The van der Waals surface area contributed by atoms with Crippen LogP contribution in [0.2, 0.25) is 0 Å². The van der Waals surface area contributed by atoms with Gasteiger partial charge in [0.1, 0.15) is 17.2 Å². The molecule has 2 unspecified atom stereocenters. The first kappa shape index (κ1) is 17.3. The summed E-state index contributed by atoms with van der Waals surface area (Å²) < 4.78 is 1.92. The third kappa shape index (κ3) is 3.18. The predicted octanol–water partition coefficient (Wildman–Crippen LogP) is 4.04. The standard InChI is InChI=1S/C21H23N5O/c1-4-13(2)19(20-23-15-9-5-6-10-16(15)24-20)25-21(27)17-12-26-14(3)8-7-11-18(26)22-17/h5-13,19H,4H2,1-3H3,(H,23,24)(H,25,27). The van der Waals surface area contributed by atoms with Crippen LogP contribution >= 0.6 is 0 Å². The van der Waals surface area contributed by atoms with Gasteiger partial charge in [-0.05, 0) is 37.1 Å². The Morgan fingerprint density at radius 3 is 2.74 bits per heavy atom. The molecule has 0 saturated heterocycles. The van der Waals surface area contributed by atoms with Crippen molar-refractivity contribution in [3.05, 3.63) is 65.9 Å². The van der Waals surface area contributed by atoms with Crippen molar-refractivity contribution >= 4 is 22.6 Å². The number of H-pyrrole nitrogens is 1. The molecule has 0 fully saturated rings. The van der Waals surface area contributed by atoms with Gasteiger partial charge in [0.25, 0.3) is 5.91 Å². The summed E-state index contributed by atoms with van der Waals surface area (Å²) >= 11 is 0. The Labute approximate surface area is 157 Å². The van der Waals surface area contributed by atoms with Crippen molar-refractivity contribution in [3.8, 4) is 0 Å². The van der Waals surface area contributed by atoms with Crippen molar-refractivity contribution in [2.75, 3.05) is 0 Å². The van der Waals surface area contributed by atoms with E-state index in [1.54, 1.807) is 6.20 Å². The maximum absolute atomic E-state index is 12.9. The van der Waals surface area contributed by atoms with Crippen molar-refractivity contribution in [1.29, 1.82) is 0 Å². The second-order valence-corrected chi connectivity index (χ2v) is 7.00. The number of rotatable bonds is 5. The number of aromatic amines is 1. The summed E-state index contributed by atoms with van der Waals surface area (Å²) in [6.45, 7) is 6.22. The van der Waals surface area contributed by atoms with E-state index in [9.17, 15) is 4.79 Å². The Morgan fingerprint density at radius 2 is 2.00 bits per heavy atom. The number of para-hydroxylation sites is 2. The van der Waals surface area contributed by atoms with Crippen LogP contribution in [0.4, 0.5) is 0 Å². The molecule has 0 saturated carbocycles. The van der Waals surface area contributed by atoms with Gasteiger partial charge in [-0.2, -0.15) is 0 Å². The molecule has 0 aliphatic heterocycles. The lowest BCUT2D eigenvalue weighted by Crippen LogP contribution is -2.33. The number of carbonyl (C=O) groups excluding carboxylic acids is 1. The van der Waals surface area contributed by atoms with Crippen molar-refractivity contribution in [2.24, 2.45) is 5.92 Å². The quantitative estimate of drug-likeness (QED) is 0.563. The number of hydrogen-bond donors (Lipinski definition) is 2. The number of imidazole rings is 2. The molecule has 3 heterocycles. The van der Waals surface area contributed by atoms with Gasteiger partial charge < -0.3 is 14.7 Å². The molecule has 2 atom stereocenters. The zero-order chi connectivity index (χ0) is 19.0. The first-order chi connectivity index (χ1) is 13.1. The minimum atomic E-state index is -0.208. The molecule has 27 heavy (non-hydrogen) atoms. The average Bonchev–Trinajstić information content (AvgIpc) is 3.30. The smallest absolute Gasteiger partial charge is 0.272 e. The second kappa shape index (κ2) is 6.87. The topological polar surface area (TPSA) is 75.1 Å². The van der Waals surface area contributed by atoms with E-state index in [1.807, 2.05) is 53.8 Å². The van der Waals surface area contributed by atoms with Crippen LogP contribution in [0.5, 0.6) is 0 Å². The van der Waals surface area contributed by atoms with Crippen molar-refractivity contribution in [3.63, 3.8) is 0 Å². The molecule has 6 nitrogen and oxygen atoms in total. The Kier molecular flexibility index (Phi) is 4.39. The van der Waals surface area contributed by atoms with Gasteiger partial charge >= 0.3 is 0 Å². The van der Waals surface area contributed by atoms with Crippen molar-refractivity contribution < 1.29 is 4.79 Å². The van der Waals surface area contributed by atoms with Crippen LogP contribution in [0, 0.1) is 12.8 Å². The van der Waals surface area contributed by atoms with Gasteiger partial charge in [0.05, 0.1) is 17.1 Å². The van der Waals surface area contributed by atoms with E-state index >= 15 is 0 Å². The highest BCUT2D eigenvalue weighted by atomic mass is 16.2. The summed E-state index contributed by atoms with van der Waals surface area (Å²) in [6.07, 6.45) is 2.71. The number of nitrogens with one attached hydrogen (secondary N) is 2. The summed E-state index contributed by atoms with van der Waals surface area (Å²) in [5.74, 6) is 0.816. The van der Waals surface area contributed by atoms with Gasteiger partial charge in [0.2, 0.25) is 0 Å². The maximum atomic E-state index is 12.9. The summed E-state index contributed by atoms with van der Waals surface area (Å²) in [7, 11) is 0. The number of hydrogen-bond acceptors (Lipinski definition) is 3. The summed E-state index contributed by atoms with van der Waals surface area (Å²) in [6, 6.07) is 13.5. The van der Waals surface area contributed by atoms with Gasteiger partial charge in [0, 0.05) is 11.9 Å². The molecule has 3 aromatic heterocycles. The van der Waals surface area contributed by atoms with Gasteiger partial charge in [-0.3, -0.25) is 4.79 Å². The highest BCUT2D eigenvalue weighted by molar-refractivity contribution is 5.93. The molecule has 0 spiro atoms. The molecule has 1 aromatic carbocycles. The van der Waals surface area contributed by atoms with Crippen LogP contribution in [0.15, 0.2) is 48.7 Å². The molecule has 4 rings (SSSR count). The van der Waals surface area contributed by atoms with Gasteiger partial charge in [-0.1, -0.05) is 38.5 Å². The molecule has 4 aromatic rings. The highest BCUT2D eigenvalue weighted by Gasteiger charge is 2.25. The highest BCUT2D eigenvalue weighted by Crippen LogP contribution is 2.25. The molecule has 1 amide bonds. The number of benzene rings is 1. The number of aryl methyl sites for hydroxylation is 1. The molecule has 0 bridgehead atoms. The SMILES string of the molecule is CCC(C)C(NC(=O)c1cn2c(C)cccc2n1)c1nc2ccccc2[nH]1. The van der Waals surface area contributed by atoms with Crippen LogP contribution < -0.4 is 5.32 Å². The summed E-state index contributed by atoms with van der Waals surface area (Å²) in [4.78, 5) is 25.4. The lowest BCUT2D eigenvalue weighted by Gasteiger charge is -2.22. The molecule has 6 heteroatoms. The zero-order valence-corrected chi connectivity index (χ0v) is 15.7. The Balaban J connectivity index is 1.66. The lowest BCUT2D eigenvalue weighted by molar-refractivity contribution is 0.0916. The third-order valence-corrected chi connectivity index (χ3v) is 5.13. The van der Waals surface area contributed by atoms with E-state index in [0.717, 1.165) is 34.6 Å². The Morgan fingerprint density at radius 1 is 1.19 bits per heavy atom. The van der Waals surface area contributed by atoms with Gasteiger partial charge in [-0.25, -0.2) is 9.97 Å². The average molecular weight is 361 g/mol. The first-order valence-electron chi connectivity index (χ1n) is 9.27. The Bertz CT molecular complexity index is 1080. The van der Waals surface area contributed by atoms with Crippen LogP contribution in [-0.4, -0.2) is 25.3 Å². The number of aromatic nitrogens is 4. The van der Waals surface area contributed by atoms with Gasteiger partial charge in [-0.15, -0.1) is 0 Å². The monoisotopic (exact) mass is 361 g/mol. The summed E-state index contributed by atoms with van der Waals surface area (Å²) in [5.41, 5.74) is 4.09. The number of nitrogens with zero attached hydrogens (tertiary/aromatic N) is 3. The molecule has 0 aliphatic carbocycles. The first-order valence-corrected chi connectivity index (χ1v) is 9.27. The molecule has 2 N–H and O–H groups in total. The fraction of sp³-hybridized carbons (Fsp3) is 0.286. The molecule has 0 aliphatic rings. The number of pyridine rings is 1. The van der Waals surface area contributed by atoms with Crippen LogP contribution in [-0.2, 0) is 0 Å². The van der Waals surface area contributed by atoms with E-state index in [0.29, 0.717) is 5.69 Å². The Hall–Kier alpha value is -3.15. The molecular weight excluding hydrogens is 338 g/mol. The fourth-order valence-electron chi connectivity index (χ4n) is 3.31. The molecule has 138 valence electrons. The zero-order valence-electron chi connectivity index (χ0n) is 15.7. The van der Waals surface area contributed by atoms with Crippen molar-refractivity contribution in [1.82, 2.24) is 24.7 Å². The minimum absolute atomic E-state index is 0.191. The molecule has 0 radical (unpaired) electrons. The van der Waals surface area contributed by atoms with E-state index in [-0.39, 0.29) is 17.9 Å². The fourth-order valence-corrected chi connectivity index (χ4v) is 3.31. The molecular formula is C21H23N5O. The lowest BCUT2D eigenvalue weighted by atomic mass is 9.98. The second-order valence-electron chi connectivity index (χ2n) is 7.00. The number of fused-ring (bicyclic) bond motifs is 2. The van der Waals surface area contributed by atoms with E-state index in [2.05, 4.69) is 34.1 Å². The van der Waals surface area contributed by atoms with Crippen LogP contribution in [0.25, 0.3) is 16.7 Å². The predicted molar refractivity (Wildman–Crippen MR) is 106 cm³/mol. The van der Waals surface area contributed by atoms with Crippen LogP contribution in [0.3, 0.4) is 0 Å². The minimum Gasteiger partial charge on any atom is -0.340 e. The van der Waals surface area contributed by atoms with Crippen LogP contribution in [0.1, 0.15) is 48.3 Å². The maximum Gasteiger partial charge on any atom is 0.272 e. The summed E-state index contributed by atoms with van der Waals surface area (Å²) in [5, 5.41) is 3.13. The number of amides is 1. The third-order valence-electron chi connectivity index (χ3n) is 5.13. The van der Waals surface area contributed by atoms with E-state index in [1.165, 1.54) is 0 Å². The van der Waals surface area contributed by atoms with E-state index < -0.39 is 0 Å². The van der Waals surface area contributed by atoms with E-state index in [4.69, 9.17) is 0 Å². The largest absolute Gasteiger partial charge is 0.340 e. The van der Waals surface area contributed by atoms with Gasteiger partial charge in [0.15, 0.2) is 0 Å². The number of carbonyl (C=O) groups is 1.